The Morgan fingerprint density at radius 2 is 1.85 bits per heavy atom. The van der Waals surface area contributed by atoms with Gasteiger partial charge in [-0.1, -0.05) is 12.1 Å². The molecule has 3 rings (SSSR count). The lowest BCUT2D eigenvalue weighted by molar-refractivity contribution is 0.186. The van der Waals surface area contributed by atoms with Crippen molar-refractivity contribution in [1.29, 1.82) is 0 Å². The number of benzene rings is 1. The Balaban J connectivity index is 1.60. The zero-order chi connectivity index (χ0) is 19.1. The molecule has 2 heterocycles. The van der Waals surface area contributed by atoms with Crippen LogP contribution in [0, 0.1) is 5.82 Å². The molecule has 2 N–H and O–H groups in total. The molecule has 7 nitrogen and oxygen atoms in total. The number of aliphatic hydroxyl groups excluding tert-OH is 1. The molecule has 1 aromatic heterocycles. The second-order valence-electron chi connectivity index (χ2n) is 6.28. The van der Waals surface area contributed by atoms with E-state index in [0.717, 1.165) is 44.6 Å². The van der Waals surface area contributed by atoms with Gasteiger partial charge < -0.3 is 20.2 Å². The number of aliphatic hydroxyl groups is 1. The normalized spacial score (nSPS) is 16.3. The van der Waals surface area contributed by atoms with Gasteiger partial charge >= 0.3 is 0 Å². The fourth-order valence-electron chi connectivity index (χ4n) is 2.96. The number of aromatic nitrogens is 2. The van der Waals surface area contributed by atoms with Crippen molar-refractivity contribution < 1.29 is 9.50 Å². The summed E-state index contributed by atoms with van der Waals surface area (Å²) in [7, 11) is 0. The number of piperazine rings is 1. The van der Waals surface area contributed by atoms with Crippen LogP contribution in [0.25, 0.3) is 0 Å². The van der Waals surface area contributed by atoms with Gasteiger partial charge in [0.1, 0.15) is 5.82 Å². The van der Waals surface area contributed by atoms with Gasteiger partial charge in [-0.05, 0) is 30.7 Å². The molecule has 2 aromatic rings. The molecule has 1 saturated heterocycles. The number of nitrogens with one attached hydrogen (secondary N) is 1. The molecule has 1 unspecified atom stereocenters. The molecular formula is C19H25FN6O. The van der Waals surface area contributed by atoms with Crippen molar-refractivity contribution in [3.8, 4) is 0 Å². The first-order valence-corrected chi connectivity index (χ1v) is 9.16. The number of guanidine groups is 1. The molecule has 1 aromatic carbocycles. The molecule has 1 aliphatic rings. The minimum atomic E-state index is -0.765. The summed E-state index contributed by atoms with van der Waals surface area (Å²) in [5.74, 6) is 1.20. The third-order valence-corrected chi connectivity index (χ3v) is 4.42. The van der Waals surface area contributed by atoms with E-state index in [2.05, 4.69) is 30.1 Å². The fraction of sp³-hybridized carbons (Fsp3) is 0.421. The van der Waals surface area contributed by atoms with E-state index in [1.54, 1.807) is 24.5 Å². The highest BCUT2D eigenvalue weighted by atomic mass is 19.1. The molecule has 27 heavy (non-hydrogen) atoms. The Kier molecular flexibility index (Phi) is 6.54. The third-order valence-electron chi connectivity index (χ3n) is 4.42. The smallest absolute Gasteiger partial charge is 0.225 e. The summed E-state index contributed by atoms with van der Waals surface area (Å²) in [5, 5.41) is 13.6. The molecule has 0 radical (unpaired) electrons. The number of hydrogen-bond acceptors (Lipinski definition) is 5. The molecule has 0 spiro atoms. The summed E-state index contributed by atoms with van der Waals surface area (Å²) in [6.45, 7) is 6.15. The van der Waals surface area contributed by atoms with Gasteiger partial charge in [-0.25, -0.2) is 14.4 Å². The van der Waals surface area contributed by atoms with Crippen molar-refractivity contribution in [3.05, 3.63) is 54.1 Å². The Morgan fingerprint density at radius 1 is 1.19 bits per heavy atom. The second-order valence-corrected chi connectivity index (χ2v) is 6.28. The van der Waals surface area contributed by atoms with Crippen LogP contribution in [0.1, 0.15) is 18.6 Å². The van der Waals surface area contributed by atoms with E-state index in [-0.39, 0.29) is 12.4 Å². The van der Waals surface area contributed by atoms with Crippen LogP contribution in [-0.4, -0.2) is 65.2 Å². The Bertz CT molecular complexity index is 732. The standard InChI is InChI=1S/C19H25FN6O/c1-2-21-18(24-14-17(27)15-4-6-16(20)7-5-15)25-10-12-26(13-11-25)19-22-8-3-9-23-19/h3-9,17,27H,2,10-14H2,1H3,(H,21,24). The molecule has 0 aliphatic carbocycles. The molecule has 1 aliphatic heterocycles. The average Bonchev–Trinajstić information content (AvgIpc) is 2.72. The molecule has 144 valence electrons. The van der Waals surface area contributed by atoms with Crippen LogP contribution in [0.4, 0.5) is 10.3 Å². The topological polar surface area (TPSA) is 76.9 Å². The number of nitrogens with zero attached hydrogens (tertiary/aromatic N) is 5. The zero-order valence-electron chi connectivity index (χ0n) is 15.4. The van der Waals surface area contributed by atoms with Crippen LogP contribution in [0.3, 0.4) is 0 Å². The van der Waals surface area contributed by atoms with Crippen molar-refractivity contribution in [2.45, 2.75) is 13.0 Å². The predicted octanol–water partition coefficient (Wildman–Crippen LogP) is 1.44. The van der Waals surface area contributed by atoms with Gasteiger partial charge in [0.15, 0.2) is 5.96 Å². The number of aliphatic imine (C=N–C) groups is 1. The first kappa shape index (κ1) is 19.0. The molecule has 1 fully saturated rings. The van der Waals surface area contributed by atoms with Crippen molar-refractivity contribution in [3.63, 3.8) is 0 Å². The maximum absolute atomic E-state index is 13.0. The van der Waals surface area contributed by atoms with E-state index in [9.17, 15) is 9.50 Å². The van der Waals surface area contributed by atoms with Crippen LogP contribution in [0.2, 0.25) is 0 Å². The summed E-state index contributed by atoms with van der Waals surface area (Å²) >= 11 is 0. The van der Waals surface area contributed by atoms with Crippen LogP contribution >= 0.6 is 0 Å². The summed E-state index contributed by atoms with van der Waals surface area (Å²) in [6, 6.07) is 7.67. The molecular weight excluding hydrogens is 347 g/mol. The Morgan fingerprint density at radius 3 is 2.48 bits per heavy atom. The van der Waals surface area contributed by atoms with Crippen LogP contribution in [0.5, 0.6) is 0 Å². The van der Waals surface area contributed by atoms with Gasteiger partial charge in [-0.2, -0.15) is 0 Å². The lowest BCUT2D eigenvalue weighted by Gasteiger charge is -2.36. The predicted molar refractivity (Wildman–Crippen MR) is 103 cm³/mol. The van der Waals surface area contributed by atoms with E-state index in [0.29, 0.717) is 5.56 Å². The van der Waals surface area contributed by atoms with Crippen molar-refractivity contribution in [2.24, 2.45) is 4.99 Å². The van der Waals surface area contributed by atoms with Crippen molar-refractivity contribution in [2.75, 3.05) is 44.2 Å². The minimum absolute atomic E-state index is 0.218. The molecule has 8 heteroatoms. The number of anilines is 1. The highest BCUT2D eigenvalue weighted by Gasteiger charge is 2.21. The first-order chi connectivity index (χ1) is 13.2. The molecule has 0 bridgehead atoms. The second kappa shape index (κ2) is 9.27. The van der Waals surface area contributed by atoms with Gasteiger partial charge in [-0.15, -0.1) is 0 Å². The third kappa shape index (κ3) is 5.13. The van der Waals surface area contributed by atoms with Crippen molar-refractivity contribution >= 4 is 11.9 Å². The maximum Gasteiger partial charge on any atom is 0.225 e. The van der Waals surface area contributed by atoms with E-state index < -0.39 is 6.10 Å². The van der Waals surface area contributed by atoms with Gasteiger partial charge in [0.2, 0.25) is 5.95 Å². The first-order valence-electron chi connectivity index (χ1n) is 9.16. The summed E-state index contributed by atoms with van der Waals surface area (Å²) < 4.78 is 13.0. The average molecular weight is 372 g/mol. The molecule has 0 saturated carbocycles. The highest BCUT2D eigenvalue weighted by molar-refractivity contribution is 5.80. The van der Waals surface area contributed by atoms with Crippen LogP contribution < -0.4 is 10.2 Å². The van der Waals surface area contributed by atoms with E-state index in [4.69, 9.17) is 0 Å². The summed E-state index contributed by atoms with van der Waals surface area (Å²) in [5.41, 5.74) is 0.655. The molecule has 0 amide bonds. The lowest BCUT2D eigenvalue weighted by atomic mass is 10.1. The van der Waals surface area contributed by atoms with Gasteiger partial charge in [0.25, 0.3) is 0 Å². The van der Waals surface area contributed by atoms with Gasteiger partial charge in [0, 0.05) is 45.1 Å². The summed E-state index contributed by atoms with van der Waals surface area (Å²) in [6.07, 6.45) is 2.73. The van der Waals surface area contributed by atoms with E-state index in [1.165, 1.54) is 12.1 Å². The number of rotatable bonds is 5. The monoisotopic (exact) mass is 372 g/mol. The number of halogens is 1. The maximum atomic E-state index is 13.0. The van der Waals surface area contributed by atoms with E-state index in [1.807, 2.05) is 13.0 Å². The molecule has 1 atom stereocenters. The minimum Gasteiger partial charge on any atom is -0.386 e. The SMILES string of the molecule is CCNC(=NCC(O)c1ccc(F)cc1)N1CCN(c2ncccn2)CC1. The summed E-state index contributed by atoms with van der Waals surface area (Å²) in [4.78, 5) is 17.5. The quantitative estimate of drug-likeness (QED) is 0.611. The lowest BCUT2D eigenvalue weighted by Crippen LogP contribution is -2.53. The van der Waals surface area contributed by atoms with Crippen LogP contribution in [-0.2, 0) is 0 Å². The highest BCUT2D eigenvalue weighted by Crippen LogP contribution is 2.14. The van der Waals surface area contributed by atoms with Gasteiger partial charge in [-0.3, -0.25) is 4.99 Å². The largest absolute Gasteiger partial charge is 0.386 e. The fourth-order valence-corrected chi connectivity index (χ4v) is 2.96. The van der Waals surface area contributed by atoms with Crippen molar-refractivity contribution in [1.82, 2.24) is 20.2 Å². The Hall–Kier alpha value is -2.74. The van der Waals surface area contributed by atoms with Crippen LogP contribution in [0.15, 0.2) is 47.7 Å². The van der Waals surface area contributed by atoms with E-state index >= 15 is 0 Å². The zero-order valence-corrected chi connectivity index (χ0v) is 15.4. The Labute approximate surface area is 158 Å². The van der Waals surface area contributed by atoms with Gasteiger partial charge in [0.05, 0.1) is 12.6 Å². The number of hydrogen-bond donors (Lipinski definition) is 2.